The van der Waals surface area contributed by atoms with Crippen LogP contribution in [0.3, 0.4) is 0 Å². The molecule has 0 fully saturated rings. The molecule has 10 nitrogen and oxygen atoms in total. The minimum atomic E-state index is -0.913. The fraction of sp³-hybridized carbons (Fsp3) is 0.0625. The van der Waals surface area contributed by atoms with Crippen LogP contribution in [0.15, 0.2) is 39.5 Å². The number of rotatable bonds is 3. The number of phenols is 1. The topological polar surface area (TPSA) is 157 Å². The van der Waals surface area contributed by atoms with E-state index in [0.717, 1.165) is 12.1 Å². The molecule has 0 aliphatic carbocycles. The Labute approximate surface area is 143 Å². The lowest BCUT2D eigenvalue weighted by molar-refractivity contribution is -0.385. The third-order valence-corrected chi connectivity index (χ3v) is 3.72. The van der Waals surface area contributed by atoms with E-state index in [2.05, 4.69) is 0 Å². The lowest BCUT2D eigenvalue weighted by atomic mass is 10.1. The van der Waals surface area contributed by atoms with Gasteiger partial charge in [-0.15, -0.1) is 0 Å². The highest BCUT2D eigenvalue weighted by Crippen LogP contribution is 2.37. The Morgan fingerprint density at radius 1 is 1.00 bits per heavy atom. The molecule has 0 unspecified atom stereocenters. The molecule has 1 heterocycles. The number of nitro benzene ring substituents is 2. The van der Waals surface area contributed by atoms with Crippen molar-refractivity contribution in [2.24, 2.45) is 0 Å². The maximum atomic E-state index is 12.4. The summed E-state index contributed by atoms with van der Waals surface area (Å²) in [6, 6.07) is 5.58. The lowest BCUT2D eigenvalue weighted by Crippen LogP contribution is -2.05. The van der Waals surface area contributed by atoms with Gasteiger partial charge >= 0.3 is 11.4 Å². The molecule has 1 aromatic heterocycles. The van der Waals surface area contributed by atoms with E-state index in [1.165, 1.54) is 18.2 Å². The third-order valence-electron chi connectivity index (χ3n) is 3.72. The van der Waals surface area contributed by atoms with Crippen LogP contribution in [0.25, 0.3) is 22.3 Å². The molecule has 2 N–H and O–H groups in total. The third kappa shape index (κ3) is 2.59. The Kier molecular flexibility index (Phi) is 3.80. The highest BCUT2D eigenvalue weighted by atomic mass is 16.6. The van der Waals surface area contributed by atoms with Gasteiger partial charge in [-0.2, -0.15) is 0 Å². The van der Waals surface area contributed by atoms with Crippen LogP contribution in [0.5, 0.6) is 11.5 Å². The number of aryl methyl sites for hydroxylation is 1. The molecule has 0 aliphatic heterocycles. The van der Waals surface area contributed by atoms with Gasteiger partial charge in [0.05, 0.1) is 15.2 Å². The van der Waals surface area contributed by atoms with E-state index < -0.39 is 43.9 Å². The van der Waals surface area contributed by atoms with Gasteiger partial charge < -0.3 is 14.6 Å². The number of nitro groups is 2. The van der Waals surface area contributed by atoms with Gasteiger partial charge in [0.2, 0.25) is 16.8 Å². The van der Waals surface area contributed by atoms with Crippen LogP contribution in [0, 0.1) is 27.2 Å². The molecular weight excluding hydrogens is 348 g/mol. The summed E-state index contributed by atoms with van der Waals surface area (Å²) in [7, 11) is 0. The second-order valence-corrected chi connectivity index (χ2v) is 5.49. The summed E-state index contributed by atoms with van der Waals surface area (Å²) in [5.41, 5.74) is -2.11. The fourth-order valence-corrected chi connectivity index (χ4v) is 2.55. The van der Waals surface area contributed by atoms with E-state index in [0.29, 0.717) is 5.56 Å². The van der Waals surface area contributed by atoms with Crippen LogP contribution in [0.4, 0.5) is 11.4 Å². The number of hydrogen-bond donors (Lipinski definition) is 2. The summed E-state index contributed by atoms with van der Waals surface area (Å²) in [6.07, 6.45) is 0. The quantitative estimate of drug-likeness (QED) is 0.534. The van der Waals surface area contributed by atoms with Crippen LogP contribution in [-0.4, -0.2) is 20.1 Å². The zero-order valence-electron chi connectivity index (χ0n) is 13.1. The van der Waals surface area contributed by atoms with Crippen molar-refractivity contribution in [3.63, 3.8) is 0 Å². The molecule has 26 heavy (non-hydrogen) atoms. The summed E-state index contributed by atoms with van der Waals surface area (Å²) in [5.74, 6) is -1.95. The first-order valence-electron chi connectivity index (χ1n) is 7.13. The Hall–Kier alpha value is -3.95. The van der Waals surface area contributed by atoms with Crippen LogP contribution in [0.2, 0.25) is 0 Å². The number of phenolic OH excluding ortho intramolecular Hbond substituents is 1. The summed E-state index contributed by atoms with van der Waals surface area (Å²) in [4.78, 5) is 33.0. The van der Waals surface area contributed by atoms with Crippen molar-refractivity contribution < 1.29 is 24.5 Å². The predicted octanol–water partition coefficient (Wildman–Crippen LogP) is 3.00. The zero-order chi connectivity index (χ0) is 19.2. The smallest absolute Gasteiger partial charge is 0.312 e. The molecule has 0 radical (unpaired) electrons. The van der Waals surface area contributed by atoms with E-state index in [-0.39, 0.29) is 16.5 Å². The van der Waals surface area contributed by atoms with Crippen LogP contribution in [0.1, 0.15) is 5.56 Å². The second kappa shape index (κ2) is 5.84. The van der Waals surface area contributed by atoms with Crippen molar-refractivity contribution in [3.05, 3.63) is 66.3 Å². The first-order valence-corrected chi connectivity index (χ1v) is 7.13. The molecule has 132 valence electrons. The predicted molar refractivity (Wildman–Crippen MR) is 89.3 cm³/mol. The number of aromatic hydroxyl groups is 2. The highest BCUT2D eigenvalue weighted by molar-refractivity contribution is 5.89. The molecule has 0 bridgehead atoms. The Bertz CT molecular complexity index is 1150. The number of non-ortho nitro benzene ring substituents is 1. The number of nitrogens with zero attached hydrogens (tertiary/aromatic N) is 2. The van der Waals surface area contributed by atoms with Crippen molar-refractivity contribution in [1.29, 1.82) is 0 Å². The molecule has 0 saturated heterocycles. The molecule has 0 spiro atoms. The van der Waals surface area contributed by atoms with Crippen LogP contribution in [-0.2, 0) is 0 Å². The maximum Gasteiger partial charge on any atom is 0.312 e. The SMILES string of the molecule is Cc1cc([N+](=O)[O-])c2oc(-c3ccc(O)c([N+](=O)[O-])c3)c(O)c(=O)c2c1. The molecular formula is C16H10N2O8. The fourth-order valence-electron chi connectivity index (χ4n) is 2.55. The molecule has 0 amide bonds. The second-order valence-electron chi connectivity index (χ2n) is 5.49. The van der Waals surface area contributed by atoms with Gasteiger partial charge in [0, 0.05) is 17.7 Å². The molecule has 3 rings (SSSR count). The van der Waals surface area contributed by atoms with Gasteiger partial charge in [0.15, 0.2) is 11.5 Å². The van der Waals surface area contributed by atoms with Crippen molar-refractivity contribution in [2.75, 3.05) is 0 Å². The Morgan fingerprint density at radius 2 is 1.65 bits per heavy atom. The summed E-state index contributed by atoms with van der Waals surface area (Å²) >= 11 is 0. The zero-order valence-corrected chi connectivity index (χ0v) is 13.1. The van der Waals surface area contributed by atoms with Crippen LogP contribution >= 0.6 is 0 Å². The van der Waals surface area contributed by atoms with E-state index in [9.17, 15) is 35.2 Å². The number of benzene rings is 2. The van der Waals surface area contributed by atoms with E-state index in [1.807, 2.05) is 0 Å². The lowest BCUT2D eigenvalue weighted by Gasteiger charge is -2.07. The molecule has 3 aromatic rings. The van der Waals surface area contributed by atoms with Gasteiger partial charge in [-0.3, -0.25) is 25.0 Å². The van der Waals surface area contributed by atoms with Gasteiger partial charge in [-0.1, -0.05) is 0 Å². The van der Waals surface area contributed by atoms with Gasteiger partial charge in [-0.25, -0.2) is 0 Å². The number of fused-ring (bicyclic) bond motifs is 1. The summed E-state index contributed by atoms with van der Waals surface area (Å²) in [6.45, 7) is 1.54. The van der Waals surface area contributed by atoms with Crippen molar-refractivity contribution in [2.45, 2.75) is 6.92 Å². The average molecular weight is 358 g/mol. The maximum absolute atomic E-state index is 12.4. The van der Waals surface area contributed by atoms with Gasteiger partial charge in [-0.05, 0) is 30.7 Å². The van der Waals surface area contributed by atoms with Crippen molar-refractivity contribution in [3.8, 4) is 22.8 Å². The van der Waals surface area contributed by atoms with E-state index in [4.69, 9.17) is 4.42 Å². The molecule has 0 aliphatic rings. The minimum Gasteiger partial charge on any atom is -0.502 e. The normalized spacial score (nSPS) is 10.8. The molecule has 10 heteroatoms. The highest BCUT2D eigenvalue weighted by Gasteiger charge is 2.24. The summed E-state index contributed by atoms with van der Waals surface area (Å²) in [5, 5.41) is 41.7. The first kappa shape index (κ1) is 16.9. The number of hydrogen-bond acceptors (Lipinski definition) is 8. The van der Waals surface area contributed by atoms with Crippen LogP contribution < -0.4 is 5.43 Å². The van der Waals surface area contributed by atoms with E-state index in [1.54, 1.807) is 6.92 Å². The average Bonchev–Trinajstić information content (AvgIpc) is 2.58. The summed E-state index contributed by atoms with van der Waals surface area (Å²) < 4.78 is 5.39. The van der Waals surface area contributed by atoms with Crippen molar-refractivity contribution >= 4 is 22.3 Å². The first-order chi connectivity index (χ1) is 12.2. The Morgan fingerprint density at radius 3 is 2.27 bits per heavy atom. The van der Waals surface area contributed by atoms with E-state index >= 15 is 0 Å². The monoisotopic (exact) mass is 358 g/mol. The molecule has 0 saturated carbocycles. The molecule has 0 atom stereocenters. The largest absolute Gasteiger partial charge is 0.502 e. The molecule has 2 aromatic carbocycles. The van der Waals surface area contributed by atoms with Gasteiger partial charge in [0.1, 0.15) is 0 Å². The van der Waals surface area contributed by atoms with Gasteiger partial charge in [0.25, 0.3) is 0 Å². The minimum absolute atomic E-state index is 0.0964. The standard InChI is InChI=1S/C16H10N2O8/c1-7-4-9-13(20)14(21)15(26-16(9)11(5-7)18(24)25)8-2-3-12(19)10(6-8)17(22)23/h2-6,19,21H,1H3. The Balaban J connectivity index is 2.40. The van der Waals surface area contributed by atoms with Crippen molar-refractivity contribution in [1.82, 2.24) is 0 Å².